The predicted molar refractivity (Wildman–Crippen MR) is 89.0 cm³/mol. The highest BCUT2D eigenvalue weighted by atomic mass is 35.5. The number of rotatable bonds is 2. The molecule has 22 heavy (non-hydrogen) atoms. The van der Waals surface area contributed by atoms with Gasteiger partial charge in [0.25, 0.3) is 0 Å². The number of aryl methyl sites for hydroxylation is 2. The molecule has 0 aromatic heterocycles. The number of anilines is 3. The minimum absolute atomic E-state index is 0.272. The summed E-state index contributed by atoms with van der Waals surface area (Å²) < 4.78 is 0. The summed E-state index contributed by atoms with van der Waals surface area (Å²) in [5, 5.41) is 5.34. The number of carbonyl (C=O) groups is 2. The van der Waals surface area contributed by atoms with E-state index >= 15 is 0 Å². The number of hydrogen-bond acceptors (Lipinski definition) is 3. The number of amides is 2. The first kappa shape index (κ1) is 15.9. The molecule has 0 aliphatic heterocycles. The molecule has 0 fully saturated rings. The zero-order valence-electron chi connectivity index (χ0n) is 12.2. The van der Waals surface area contributed by atoms with Crippen LogP contribution in [0.3, 0.4) is 0 Å². The van der Waals surface area contributed by atoms with Crippen LogP contribution in [0.15, 0.2) is 36.4 Å². The summed E-state index contributed by atoms with van der Waals surface area (Å²) in [6.45, 7) is 3.72. The first-order valence-corrected chi connectivity index (χ1v) is 7.00. The first-order chi connectivity index (χ1) is 10.4. The standard InChI is InChI=1S/C16H16ClN3O2/c1-9-4-3-5-10(2)14(9)20-16(22)15(21)19-13-7-6-11(18)8-12(13)17/h3-8H,18H2,1-2H3,(H,19,21)(H,20,22). The summed E-state index contributed by atoms with van der Waals surface area (Å²) in [6.07, 6.45) is 0. The van der Waals surface area contributed by atoms with Gasteiger partial charge < -0.3 is 16.4 Å². The van der Waals surface area contributed by atoms with E-state index in [-0.39, 0.29) is 5.02 Å². The molecule has 0 radical (unpaired) electrons. The molecule has 0 atom stereocenters. The lowest BCUT2D eigenvalue weighted by atomic mass is 10.1. The van der Waals surface area contributed by atoms with Gasteiger partial charge >= 0.3 is 11.8 Å². The quantitative estimate of drug-likeness (QED) is 0.587. The average molecular weight is 318 g/mol. The third-order valence-electron chi connectivity index (χ3n) is 3.17. The highest BCUT2D eigenvalue weighted by Gasteiger charge is 2.17. The van der Waals surface area contributed by atoms with E-state index in [1.165, 1.54) is 6.07 Å². The van der Waals surface area contributed by atoms with Crippen molar-refractivity contribution in [3.63, 3.8) is 0 Å². The molecule has 0 spiro atoms. The van der Waals surface area contributed by atoms with E-state index < -0.39 is 11.8 Å². The lowest BCUT2D eigenvalue weighted by Crippen LogP contribution is -2.29. The Balaban J connectivity index is 2.11. The Kier molecular flexibility index (Phi) is 4.68. The van der Waals surface area contributed by atoms with Crippen LogP contribution in [-0.2, 0) is 9.59 Å². The normalized spacial score (nSPS) is 10.1. The number of nitrogens with two attached hydrogens (primary N) is 1. The van der Waals surface area contributed by atoms with Crippen LogP contribution in [0, 0.1) is 13.8 Å². The smallest absolute Gasteiger partial charge is 0.314 e. The molecular formula is C16H16ClN3O2. The van der Waals surface area contributed by atoms with Gasteiger partial charge in [0.2, 0.25) is 0 Å². The van der Waals surface area contributed by atoms with Gasteiger partial charge in [-0.2, -0.15) is 0 Å². The molecule has 2 aromatic carbocycles. The maximum absolute atomic E-state index is 12.0. The van der Waals surface area contributed by atoms with Crippen LogP contribution in [0.1, 0.15) is 11.1 Å². The molecule has 114 valence electrons. The van der Waals surface area contributed by atoms with Gasteiger partial charge in [-0.1, -0.05) is 29.8 Å². The van der Waals surface area contributed by atoms with Crippen LogP contribution in [-0.4, -0.2) is 11.8 Å². The third-order valence-corrected chi connectivity index (χ3v) is 3.48. The summed E-state index contributed by atoms with van der Waals surface area (Å²) >= 11 is 5.96. The van der Waals surface area contributed by atoms with E-state index in [9.17, 15) is 9.59 Å². The van der Waals surface area contributed by atoms with E-state index in [0.717, 1.165) is 11.1 Å². The van der Waals surface area contributed by atoms with Crippen molar-refractivity contribution in [3.05, 3.63) is 52.5 Å². The number of hydrogen-bond donors (Lipinski definition) is 3. The van der Waals surface area contributed by atoms with Crippen LogP contribution < -0.4 is 16.4 Å². The highest BCUT2D eigenvalue weighted by Crippen LogP contribution is 2.24. The fourth-order valence-corrected chi connectivity index (χ4v) is 2.23. The number of carbonyl (C=O) groups excluding carboxylic acids is 2. The summed E-state index contributed by atoms with van der Waals surface area (Å²) in [6, 6.07) is 10.2. The second-order valence-electron chi connectivity index (χ2n) is 4.91. The van der Waals surface area contributed by atoms with Crippen molar-refractivity contribution < 1.29 is 9.59 Å². The second-order valence-corrected chi connectivity index (χ2v) is 5.32. The van der Waals surface area contributed by atoms with Crippen LogP contribution in [0.5, 0.6) is 0 Å². The van der Waals surface area contributed by atoms with Crippen LogP contribution >= 0.6 is 11.6 Å². The largest absolute Gasteiger partial charge is 0.399 e. The van der Waals surface area contributed by atoms with Crippen molar-refractivity contribution in [2.75, 3.05) is 16.4 Å². The van der Waals surface area contributed by atoms with Crippen molar-refractivity contribution in [1.29, 1.82) is 0 Å². The van der Waals surface area contributed by atoms with Crippen molar-refractivity contribution in [3.8, 4) is 0 Å². The molecule has 0 heterocycles. The van der Waals surface area contributed by atoms with Gasteiger partial charge in [-0.15, -0.1) is 0 Å². The van der Waals surface area contributed by atoms with Gasteiger partial charge in [0.15, 0.2) is 0 Å². The molecule has 0 unspecified atom stereocenters. The molecule has 0 bridgehead atoms. The van der Waals surface area contributed by atoms with Crippen LogP contribution in [0.4, 0.5) is 17.1 Å². The molecular weight excluding hydrogens is 302 g/mol. The van der Waals surface area contributed by atoms with E-state index in [4.69, 9.17) is 17.3 Å². The van der Waals surface area contributed by atoms with Crippen LogP contribution in [0.2, 0.25) is 5.02 Å². The maximum atomic E-state index is 12.0. The summed E-state index contributed by atoms with van der Waals surface area (Å²) in [4.78, 5) is 24.0. The molecule has 2 aromatic rings. The molecule has 0 saturated carbocycles. The Morgan fingerprint density at radius 2 is 1.59 bits per heavy atom. The minimum Gasteiger partial charge on any atom is -0.399 e. The van der Waals surface area contributed by atoms with Crippen molar-refractivity contribution in [1.82, 2.24) is 0 Å². The van der Waals surface area contributed by atoms with E-state index in [0.29, 0.717) is 17.1 Å². The fraction of sp³-hybridized carbons (Fsp3) is 0.125. The number of nitrogen functional groups attached to an aromatic ring is 1. The molecule has 5 nitrogen and oxygen atoms in total. The minimum atomic E-state index is -0.797. The van der Waals surface area contributed by atoms with Crippen molar-refractivity contribution >= 4 is 40.5 Å². The van der Waals surface area contributed by atoms with Crippen LogP contribution in [0.25, 0.3) is 0 Å². The first-order valence-electron chi connectivity index (χ1n) is 6.62. The number of nitrogens with one attached hydrogen (secondary N) is 2. The maximum Gasteiger partial charge on any atom is 0.314 e. The SMILES string of the molecule is Cc1cccc(C)c1NC(=O)C(=O)Nc1ccc(N)cc1Cl. The van der Waals surface area contributed by atoms with Gasteiger partial charge in [-0.05, 0) is 43.2 Å². The molecule has 2 amide bonds. The molecule has 2 rings (SSSR count). The zero-order chi connectivity index (χ0) is 16.3. The Bertz CT molecular complexity index is 724. The molecule has 0 aliphatic carbocycles. The summed E-state index contributed by atoms with van der Waals surface area (Å²) in [7, 11) is 0. The number of halogens is 1. The monoisotopic (exact) mass is 317 g/mol. The zero-order valence-corrected chi connectivity index (χ0v) is 13.0. The third kappa shape index (κ3) is 3.56. The van der Waals surface area contributed by atoms with Gasteiger partial charge in [0, 0.05) is 11.4 Å². The number of para-hydroxylation sites is 1. The van der Waals surface area contributed by atoms with Gasteiger partial charge in [0.1, 0.15) is 0 Å². The Morgan fingerprint density at radius 3 is 2.18 bits per heavy atom. The van der Waals surface area contributed by atoms with Crippen molar-refractivity contribution in [2.24, 2.45) is 0 Å². The number of benzene rings is 2. The Morgan fingerprint density at radius 1 is 1.00 bits per heavy atom. The summed E-state index contributed by atoms with van der Waals surface area (Å²) in [5.41, 5.74) is 8.78. The molecule has 0 aliphatic rings. The van der Waals surface area contributed by atoms with Gasteiger partial charge in [0.05, 0.1) is 10.7 Å². The van der Waals surface area contributed by atoms with E-state index in [1.54, 1.807) is 12.1 Å². The van der Waals surface area contributed by atoms with E-state index in [1.807, 2.05) is 32.0 Å². The average Bonchev–Trinajstić information content (AvgIpc) is 2.45. The summed E-state index contributed by atoms with van der Waals surface area (Å²) in [5.74, 6) is -1.56. The highest BCUT2D eigenvalue weighted by molar-refractivity contribution is 6.45. The predicted octanol–water partition coefficient (Wildman–Crippen LogP) is 3.12. The van der Waals surface area contributed by atoms with Gasteiger partial charge in [-0.3, -0.25) is 9.59 Å². The molecule has 0 saturated heterocycles. The lowest BCUT2D eigenvalue weighted by Gasteiger charge is -2.12. The molecule has 4 N–H and O–H groups in total. The Labute approximate surface area is 133 Å². The van der Waals surface area contributed by atoms with E-state index in [2.05, 4.69) is 10.6 Å². The topological polar surface area (TPSA) is 84.2 Å². The fourth-order valence-electron chi connectivity index (χ4n) is 1.99. The van der Waals surface area contributed by atoms with Crippen molar-refractivity contribution in [2.45, 2.75) is 13.8 Å². The Hall–Kier alpha value is -2.53. The second kappa shape index (κ2) is 6.49. The van der Waals surface area contributed by atoms with Gasteiger partial charge in [-0.25, -0.2) is 0 Å². The molecule has 6 heteroatoms. The lowest BCUT2D eigenvalue weighted by molar-refractivity contribution is -0.133.